The first-order chi connectivity index (χ1) is 9.41. The summed E-state index contributed by atoms with van der Waals surface area (Å²) in [6, 6.07) is 2.29. The van der Waals surface area contributed by atoms with Crippen molar-refractivity contribution in [3.05, 3.63) is 22.7 Å². The first kappa shape index (κ1) is 14.5. The van der Waals surface area contributed by atoms with Gasteiger partial charge in [-0.05, 0) is 31.4 Å². The highest BCUT2D eigenvalue weighted by molar-refractivity contribution is 6.34. The zero-order chi connectivity index (χ0) is 14.9. The van der Waals surface area contributed by atoms with Crippen LogP contribution in [0.1, 0.15) is 29.6 Å². The van der Waals surface area contributed by atoms with Crippen molar-refractivity contribution < 1.29 is 14.7 Å². The van der Waals surface area contributed by atoms with E-state index in [9.17, 15) is 14.7 Å². The van der Waals surface area contributed by atoms with Crippen LogP contribution in [0.4, 0.5) is 11.4 Å². The van der Waals surface area contributed by atoms with Crippen LogP contribution in [-0.2, 0) is 4.79 Å². The van der Waals surface area contributed by atoms with Gasteiger partial charge in [0.05, 0.1) is 16.3 Å². The Morgan fingerprint density at radius 1 is 1.35 bits per heavy atom. The fourth-order valence-corrected chi connectivity index (χ4v) is 2.91. The maximum atomic E-state index is 11.6. The minimum Gasteiger partial charge on any atom is -0.478 e. The van der Waals surface area contributed by atoms with E-state index in [2.05, 4.69) is 0 Å². The molecule has 0 aromatic heterocycles. The van der Waals surface area contributed by atoms with Crippen molar-refractivity contribution in [2.45, 2.75) is 25.3 Å². The SMILES string of the molecule is NC(=O)C1CCCCN1c1c(Cl)cc(N)cc1C(=O)O. The summed E-state index contributed by atoms with van der Waals surface area (Å²) in [6.45, 7) is 0.539. The standard InChI is InChI=1S/C13H16ClN3O3/c14-9-6-7(15)5-8(13(19)20)11(9)17-4-2-1-3-10(17)12(16)18/h5-6,10H,1-4,15H2,(H2,16,18)(H,19,20). The van der Waals surface area contributed by atoms with Crippen LogP contribution in [0.15, 0.2) is 12.1 Å². The molecule has 0 spiro atoms. The number of nitrogens with two attached hydrogens (primary N) is 2. The number of carbonyl (C=O) groups is 2. The third-order valence-electron chi connectivity index (χ3n) is 3.43. The number of amides is 1. The molecule has 1 saturated heterocycles. The molecular weight excluding hydrogens is 282 g/mol. The molecule has 1 amide bonds. The lowest BCUT2D eigenvalue weighted by atomic mass is 9.99. The minimum atomic E-state index is -1.14. The van der Waals surface area contributed by atoms with Crippen molar-refractivity contribution >= 4 is 34.9 Å². The molecule has 20 heavy (non-hydrogen) atoms. The number of aromatic carboxylic acids is 1. The molecule has 2 rings (SSSR count). The molecule has 0 saturated carbocycles. The third-order valence-corrected chi connectivity index (χ3v) is 3.72. The third kappa shape index (κ3) is 2.65. The van der Waals surface area contributed by atoms with Gasteiger partial charge in [-0.25, -0.2) is 4.79 Å². The lowest BCUT2D eigenvalue weighted by molar-refractivity contribution is -0.119. The molecule has 1 atom stereocenters. The number of nitrogen functional groups attached to an aromatic ring is 1. The molecule has 0 bridgehead atoms. The number of carbonyl (C=O) groups excluding carboxylic acids is 1. The molecule has 1 unspecified atom stereocenters. The average Bonchev–Trinajstić information content (AvgIpc) is 2.37. The fraction of sp³-hybridized carbons (Fsp3) is 0.385. The van der Waals surface area contributed by atoms with E-state index >= 15 is 0 Å². The topological polar surface area (TPSA) is 110 Å². The molecule has 108 valence electrons. The van der Waals surface area contributed by atoms with Gasteiger partial charge < -0.3 is 21.5 Å². The predicted octanol–water partition coefficient (Wildman–Crippen LogP) is 1.46. The van der Waals surface area contributed by atoms with Gasteiger partial charge in [-0.2, -0.15) is 0 Å². The Morgan fingerprint density at radius 3 is 2.65 bits per heavy atom. The van der Waals surface area contributed by atoms with E-state index in [0.29, 0.717) is 18.7 Å². The van der Waals surface area contributed by atoms with Crippen LogP contribution in [0.3, 0.4) is 0 Å². The predicted molar refractivity (Wildman–Crippen MR) is 77.0 cm³/mol. The summed E-state index contributed by atoms with van der Waals surface area (Å²) >= 11 is 6.14. The Balaban J connectivity index is 2.54. The summed E-state index contributed by atoms with van der Waals surface area (Å²) in [4.78, 5) is 24.6. The van der Waals surface area contributed by atoms with Crippen molar-refractivity contribution in [2.75, 3.05) is 17.2 Å². The van der Waals surface area contributed by atoms with Crippen LogP contribution in [-0.4, -0.2) is 29.6 Å². The van der Waals surface area contributed by atoms with Crippen molar-refractivity contribution in [3.8, 4) is 0 Å². The van der Waals surface area contributed by atoms with E-state index < -0.39 is 17.9 Å². The van der Waals surface area contributed by atoms with Crippen LogP contribution >= 0.6 is 11.6 Å². The van der Waals surface area contributed by atoms with E-state index in [-0.39, 0.29) is 16.3 Å². The maximum Gasteiger partial charge on any atom is 0.337 e. The Morgan fingerprint density at radius 2 is 2.05 bits per heavy atom. The highest BCUT2D eigenvalue weighted by Crippen LogP contribution is 2.36. The number of carboxylic acids is 1. The number of piperidine rings is 1. The summed E-state index contributed by atoms with van der Waals surface area (Å²) in [5.41, 5.74) is 11.6. The van der Waals surface area contributed by atoms with E-state index in [1.807, 2.05) is 0 Å². The largest absolute Gasteiger partial charge is 0.478 e. The van der Waals surface area contributed by atoms with Gasteiger partial charge in [0.15, 0.2) is 0 Å². The number of benzene rings is 1. The van der Waals surface area contributed by atoms with Gasteiger partial charge in [0.25, 0.3) is 0 Å². The average molecular weight is 298 g/mol. The lowest BCUT2D eigenvalue weighted by Crippen LogP contribution is -2.48. The van der Waals surface area contributed by atoms with Gasteiger partial charge in [0.2, 0.25) is 5.91 Å². The number of halogens is 1. The summed E-state index contributed by atoms with van der Waals surface area (Å²) in [7, 11) is 0. The van der Waals surface area contributed by atoms with E-state index in [0.717, 1.165) is 12.8 Å². The molecule has 0 radical (unpaired) electrons. The molecule has 1 aliphatic heterocycles. The van der Waals surface area contributed by atoms with Gasteiger partial charge in [0, 0.05) is 12.2 Å². The van der Waals surface area contributed by atoms with Gasteiger partial charge in [-0.15, -0.1) is 0 Å². The molecule has 0 aliphatic carbocycles. The quantitative estimate of drug-likeness (QED) is 0.732. The van der Waals surface area contributed by atoms with E-state index in [4.69, 9.17) is 23.1 Å². The maximum absolute atomic E-state index is 11.6. The number of rotatable bonds is 3. The molecule has 5 N–H and O–H groups in total. The van der Waals surface area contributed by atoms with E-state index in [1.54, 1.807) is 4.90 Å². The summed E-state index contributed by atoms with van der Waals surface area (Å²) in [5.74, 6) is -1.61. The molecule has 1 fully saturated rings. The zero-order valence-corrected chi connectivity index (χ0v) is 11.6. The molecular formula is C13H16ClN3O3. The number of primary amides is 1. The molecule has 7 heteroatoms. The molecule has 1 heterocycles. The van der Waals surface area contributed by atoms with Crippen LogP contribution in [0.2, 0.25) is 5.02 Å². The smallest absolute Gasteiger partial charge is 0.337 e. The number of hydrogen-bond acceptors (Lipinski definition) is 4. The van der Waals surface area contributed by atoms with Crippen LogP contribution < -0.4 is 16.4 Å². The van der Waals surface area contributed by atoms with Gasteiger partial charge in [-0.3, -0.25) is 4.79 Å². The Bertz CT molecular complexity index is 562. The number of nitrogens with zero attached hydrogens (tertiary/aromatic N) is 1. The molecule has 1 aromatic rings. The molecule has 1 aliphatic rings. The minimum absolute atomic E-state index is 0.0110. The van der Waals surface area contributed by atoms with Crippen LogP contribution in [0.5, 0.6) is 0 Å². The second-order valence-electron chi connectivity index (χ2n) is 4.81. The molecule has 6 nitrogen and oxygen atoms in total. The monoisotopic (exact) mass is 297 g/mol. The van der Waals surface area contributed by atoms with Crippen molar-refractivity contribution in [2.24, 2.45) is 5.73 Å². The fourth-order valence-electron chi connectivity index (χ4n) is 2.57. The highest BCUT2D eigenvalue weighted by atomic mass is 35.5. The van der Waals surface area contributed by atoms with Gasteiger partial charge >= 0.3 is 5.97 Å². The van der Waals surface area contributed by atoms with Gasteiger partial charge in [-0.1, -0.05) is 11.6 Å². The van der Waals surface area contributed by atoms with Crippen molar-refractivity contribution in [1.82, 2.24) is 0 Å². The van der Waals surface area contributed by atoms with Crippen LogP contribution in [0.25, 0.3) is 0 Å². The summed E-state index contributed by atoms with van der Waals surface area (Å²) < 4.78 is 0. The van der Waals surface area contributed by atoms with Crippen molar-refractivity contribution in [3.63, 3.8) is 0 Å². The number of anilines is 2. The Labute approximate surface area is 121 Å². The number of hydrogen-bond donors (Lipinski definition) is 3. The zero-order valence-electron chi connectivity index (χ0n) is 10.8. The Kier molecular flexibility index (Phi) is 4.04. The Hall–Kier alpha value is -1.95. The summed E-state index contributed by atoms with van der Waals surface area (Å²) in [6.07, 6.45) is 2.32. The van der Waals surface area contributed by atoms with Gasteiger partial charge in [0.1, 0.15) is 6.04 Å². The number of carboxylic acid groups (broad SMARTS) is 1. The summed E-state index contributed by atoms with van der Waals surface area (Å²) in [5, 5.41) is 9.53. The second-order valence-corrected chi connectivity index (χ2v) is 5.22. The van der Waals surface area contributed by atoms with Crippen molar-refractivity contribution in [1.29, 1.82) is 0 Å². The lowest BCUT2D eigenvalue weighted by Gasteiger charge is -2.36. The second kappa shape index (κ2) is 5.58. The van der Waals surface area contributed by atoms with Crippen LogP contribution in [0, 0.1) is 0 Å². The first-order valence-electron chi connectivity index (χ1n) is 6.30. The first-order valence-corrected chi connectivity index (χ1v) is 6.68. The molecule has 1 aromatic carbocycles. The highest BCUT2D eigenvalue weighted by Gasteiger charge is 2.31. The normalized spacial score (nSPS) is 18.9. The van der Waals surface area contributed by atoms with E-state index in [1.165, 1.54) is 12.1 Å².